The maximum atomic E-state index is 13.6. The highest BCUT2D eigenvalue weighted by Gasteiger charge is 2.35. The maximum Gasteiger partial charge on any atom is 0.253 e. The lowest BCUT2D eigenvalue weighted by molar-refractivity contribution is -0.0222. The number of nitrogens with zero attached hydrogens (tertiary/aromatic N) is 7. The number of aryl methyl sites for hydroxylation is 1. The van der Waals surface area contributed by atoms with Crippen molar-refractivity contribution in [1.82, 2.24) is 29.5 Å². The number of anilines is 4. The highest BCUT2D eigenvalue weighted by atomic mass is 35.5. The van der Waals surface area contributed by atoms with E-state index in [1.165, 1.54) is 16.8 Å². The molecule has 1 aliphatic rings. The van der Waals surface area contributed by atoms with Crippen molar-refractivity contribution >= 4 is 45.8 Å². The molecule has 0 amide bonds. The van der Waals surface area contributed by atoms with Gasteiger partial charge in [0.2, 0.25) is 5.95 Å². The Hall–Kier alpha value is -3.93. The first kappa shape index (κ1) is 24.8. The molecular weight excluding hydrogens is 504 g/mol. The first-order chi connectivity index (χ1) is 17.7. The molecular formula is C24H24ClF2N9O. The average molecular weight is 528 g/mol. The number of fused-ring (bicyclic) bond motifs is 1. The van der Waals surface area contributed by atoms with Crippen LogP contribution in [-0.4, -0.2) is 48.5 Å². The summed E-state index contributed by atoms with van der Waals surface area (Å²) in [5, 5.41) is 7.39. The van der Waals surface area contributed by atoms with Crippen LogP contribution in [0.2, 0.25) is 5.02 Å². The number of hydrogen-bond acceptors (Lipinski definition) is 9. The zero-order valence-electron chi connectivity index (χ0n) is 20.1. The van der Waals surface area contributed by atoms with Crippen LogP contribution in [0, 0.1) is 0 Å². The Morgan fingerprint density at radius 1 is 1.08 bits per heavy atom. The number of piperidine rings is 1. The highest BCUT2D eigenvalue weighted by molar-refractivity contribution is 6.32. The van der Waals surface area contributed by atoms with E-state index in [2.05, 4.69) is 35.6 Å². The average Bonchev–Trinajstić information content (AvgIpc) is 2.89. The Kier molecular flexibility index (Phi) is 6.59. The molecule has 1 saturated heterocycles. The Balaban J connectivity index is 1.45. The third-order valence-corrected chi connectivity index (χ3v) is 6.47. The van der Waals surface area contributed by atoms with Gasteiger partial charge in [0.1, 0.15) is 16.5 Å². The van der Waals surface area contributed by atoms with E-state index < -0.39 is 5.92 Å². The van der Waals surface area contributed by atoms with Crippen molar-refractivity contribution in [3.63, 3.8) is 0 Å². The van der Waals surface area contributed by atoms with Gasteiger partial charge in [0.15, 0.2) is 5.82 Å². The number of aromatic nitrogens is 6. The molecule has 37 heavy (non-hydrogen) atoms. The van der Waals surface area contributed by atoms with E-state index in [1.807, 2.05) is 13.0 Å². The molecule has 0 aliphatic carbocycles. The predicted molar refractivity (Wildman–Crippen MR) is 138 cm³/mol. The Morgan fingerprint density at radius 2 is 1.81 bits per heavy atom. The van der Waals surface area contributed by atoms with Gasteiger partial charge in [0, 0.05) is 56.8 Å². The quantitative estimate of drug-likeness (QED) is 0.378. The summed E-state index contributed by atoms with van der Waals surface area (Å²) in [4.78, 5) is 36.0. The summed E-state index contributed by atoms with van der Waals surface area (Å²) in [6.07, 6.45) is 5.80. The normalized spacial score (nSPS) is 16.0. The van der Waals surface area contributed by atoms with Crippen LogP contribution in [0.1, 0.15) is 31.6 Å². The first-order valence-corrected chi connectivity index (χ1v) is 12.0. The molecule has 0 spiro atoms. The largest absolute Gasteiger partial charge is 0.375 e. The minimum atomic E-state index is -2.67. The molecule has 5 heterocycles. The molecule has 4 aromatic heterocycles. The summed E-state index contributed by atoms with van der Waals surface area (Å²) < 4.78 is 28.6. The summed E-state index contributed by atoms with van der Waals surface area (Å²) in [6, 6.07) is 4.77. The lowest BCUT2D eigenvalue weighted by atomic mass is 10.1. The summed E-state index contributed by atoms with van der Waals surface area (Å²) in [6.45, 7) is 2.20. The van der Waals surface area contributed by atoms with E-state index in [0.717, 1.165) is 0 Å². The van der Waals surface area contributed by atoms with Crippen molar-refractivity contribution in [2.75, 3.05) is 28.6 Å². The second kappa shape index (κ2) is 9.85. The van der Waals surface area contributed by atoms with Gasteiger partial charge in [-0.1, -0.05) is 11.6 Å². The summed E-state index contributed by atoms with van der Waals surface area (Å²) >= 11 is 6.34. The number of hydrogen-bond donors (Lipinski definition) is 2. The second-order valence-electron chi connectivity index (χ2n) is 8.86. The standard InChI is InChI=1S/C24H24ClF2N9O/c1-14(20-28-6-3-7-29-20)32-18-11-19(37)35(2)22-16(18)10-15(12-30-22)33-21-17(25)13-31-23(34-21)36-8-4-24(26,27)5-9-36/h3,6-7,10-14,32H,4-5,8-9H2,1-2H3,(H,31,33,34). The SMILES string of the molecule is CC(Nc1cc(=O)n(C)c2ncc(Nc3nc(N4CCC(F)(F)CC4)ncc3Cl)cc12)c1ncccn1. The van der Waals surface area contributed by atoms with E-state index in [9.17, 15) is 13.6 Å². The summed E-state index contributed by atoms with van der Waals surface area (Å²) in [5.74, 6) is -1.46. The maximum absolute atomic E-state index is 13.6. The Bertz CT molecular complexity index is 1490. The molecule has 1 fully saturated rings. The van der Waals surface area contributed by atoms with Crippen molar-refractivity contribution in [1.29, 1.82) is 0 Å². The lowest BCUT2D eigenvalue weighted by Crippen LogP contribution is -2.40. The molecule has 10 nitrogen and oxygen atoms in total. The summed E-state index contributed by atoms with van der Waals surface area (Å²) in [7, 11) is 1.65. The molecule has 192 valence electrons. The first-order valence-electron chi connectivity index (χ1n) is 11.7. The zero-order chi connectivity index (χ0) is 26.2. The van der Waals surface area contributed by atoms with Gasteiger partial charge in [-0.05, 0) is 19.1 Å². The van der Waals surface area contributed by atoms with Crippen LogP contribution in [0.5, 0.6) is 0 Å². The van der Waals surface area contributed by atoms with E-state index in [0.29, 0.717) is 40.0 Å². The van der Waals surface area contributed by atoms with Crippen LogP contribution < -0.4 is 21.1 Å². The van der Waals surface area contributed by atoms with Crippen molar-refractivity contribution < 1.29 is 8.78 Å². The third kappa shape index (κ3) is 5.29. The van der Waals surface area contributed by atoms with Crippen LogP contribution >= 0.6 is 11.6 Å². The van der Waals surface area contributed by atoms with Crippen molar-refractivity contribution in [2.45, 2.75) is 31.7 Å². The van der Waals surface area contributed by atoms with E-state index >= 15 is 0 Å². The third-order valence-electron chi connectivity index (χ3n) is 6.19. The number of rotatable bonds is 6. The van der Waals surface area contributed by atoms with Gasteiger partial charge >= 0.3 is 0 Å². The number of nitrogens with one attached hydrogen (secondary N) is 2. The van der Waals surface area contributed by atoms with Crippen molar-refractivity contribution in [3.8, 4) is 0 Å². The molecule has 1 unspecified atom stereocenters. The van der Waals surface area contributed by atoms with Gasteiger partial charge in [0.25, 0.3) is 11.5 Å². The zero-order valence-corrected chi connectivity index (χ0v) is 20.9. The summed E-state index contributed by atoms with van der Waals surface area (Å²) in [5.41, 5.74) is 1.39. The highest BCUT2D eigenvalue weighted by Crippen LogP contribution is 2.32. The number of alkyl halides is 2. The molecule has 5 rings (SSSR count). The van der Waals surface area contributed by atoms with Gasteiger partial charge in [-0.3, -0.25) is 9.36 Å². The molecule has 0 bridgehead atoms. The van der Waals surface area contributed by atoms with Gasteiger partial charge in [-0.2, -0.15) is 4.98 Å². The fraction of sp³-hybridized carbons (Fsp3) is 0.333. The van der Waals surface area contributed by atoms with Crippen molar-refractivity contribution in [2.24, 2.45) is 7.05 Å². The van der Waals surface area contributed by atoms with Gasteiger partial charge in [0.05, 0.1) is 29.8 Å². The smallest absolute Gasteiger partial charge is 0.253 e. The molecule has 1 atom stereocenters. The van der Waals surface area contributed by atoms with Gasteiger partial charge in [-0.15, -0.1) is 0 Å². The molecule has 0 aromatic carbocycles. The van der Waals surface area contributed by atoms with Crippen LogP contribution in [0.3, 0.4) is 0 Å². The molecule has 2 N–H and O–H groups in total. The van der Waals surface area contributed by atoms with E-state index in [1.54, 1.807) is 36.6 Å². The Labute approximate surface area is 215 Å². The van der Waals surface area contributed by atoms with Crippen LogP contribution in [-0.2, 0) is 7.05 Å². The minimum Gasteiger partial charge on any atom is -0.375 e. The monoisotopic (exact) mass is 527 g/mol. The lowest BCUT2D eigenvalue weighted by Gasteiger charge is -2.31. The van der Waals surface area contributed by atoms with Gasteiger partial charge in [-0.25, -0.2) is 28.7 Å². The number of pyridine rings is 2. The van der Waals surface area contributed by atoms with Crippen LogP contribution in [0.4, 0.5) is 31.9 Å². The minimum absolute atomic E-state index is 0.151. The molecule has 4 aromatic rings. The van der Waals surface area contributed by atoms with Crippen LogP contribution in [0.15, 0.2) is 47.8 Å². The van der Waals surface area contributed by atoms with E-state index in [4.69, 9.17) is 11.6 Å². The topological polar surface area (TPSA) is 114 Å². The predicted octanol–water partition coefficient (Wildman–Crippen LogP) is 4.32. The van der Waals surface area contributed by atoms with Crippen LogP contribution in [0.25, 0.3) is 11.0 Å². The Morgan fingerprint density at radius 3 is 2.54 bits per heavy atom. The molecule has 1 aliphatic heterocycles. The fourth-order valence-corrected chi connectivity index (χ4v) is 4.25. The number of halogens is 3. The van der Waals surface area contributed by atoms with Crippen molar-refractivity contribution in [3.05, 3.63) is 64.2 Å². The molecule has 13 heteroatoms. The van der Waals surface area contributed by atoms with Gasteiger partial charge < -0.3 is 15.5 Å². The second-order valence-corrected chi connectivity index (χ2v) is 9.27. The molecule has 0 radical (unpaired) electrons. The van der Waals surface area contributed by atoms with E-state index in [-0.39, 0.29) is 42.6 Å². The fourth-order valence-electron chi connectivity index (χ4n) is 4.11. The molecule has 0 saturated carbocycles.